The number of aromatic hydroxyl groups is 1. The molecule has 100 valence electrons. The van der Waals surface area contributed by atoms with Gasteiger partial charge in [-0.05, 0) is 56.0 Å². The van der Waals surface area contributed by atoms with Crippen LogP contribution in [0.25, 0.3) is 0 Å². The Bertz CT molecular complexity index is 425. The Morgan fingerprint density at radius 2 is 1.78 bits per heavy atom. The highest BCUT2D eigenvalue weighted by atomic mass is 16.3. The van der Waals surface area contributed by atoms with E-state index in [0.717, 1.165) is 55.7 Å². The summed E-state index contributed by atoms with van der Waals surface area (Å²) in [5, 5.41) is 10.4. The number of rotatable bonds is 4. The molecule has 0 bridgehead atoms. The van der Waals surface area contributed by atoms with Crippen molar-refractivity contribution in [2.45, 2.75) is 46.1 Å². The number of benzene rings is 1. The first-order valence-corrected chi connectivity index (χ1v) is 7.01. The topological polar surface area (TPSA) is 49.5 Å². The summed E-state index contributed by atoms with van der Waals surface area (Å²) in [5.41, 5.74) is 10.3. The summed E-state index contributed by atoms with van der Waals surface area (Å²) in [6.07, 6.45) is 4.33. The van der Waals surface area contributed by atoms with Gasteiger partial charge in [0.15, 0.2) is 0 Å². The second kappa shape index (κ2) is 5.61. The summed E-state index contributed by atoms with van der Waals surface area (Å²) in [7, 11) is 0. The van der Waals surface area contributed by atoms with Crippen LogP contribution >= 0.6 is 0 Å². The number of nitrogens with zero attached hydrogens (tertiary/aromatic N) is 1. The summed E-state index contributed by atoms with van der Waals surface area (Å²) in [5.74, 6) is 0.491. The van der Waals surface area contributed by atoms with Gasteiger partial charge in [-0.25, -0.2) is 0 Å². The van der Waals surface area contributed by atoms with Crippen LogP contribution in [0.5, 0.6) is 5.75 Å². The van der Waals surface area contributed by atoms with Crippen LogP contribution in [0.4, 0.5) is 5.69 Å². The maximum Gasteiger partial charge on any atom is 0.123 e. The standard InChI is InChI=1S/C15H24N2O/c1-3-17(4-2)10-11-9-14(16)12-7-5-6-8-13(12)15(11)18/h9,18H,3-8,10,16H2,1-2H3. The van der Waals surface area contributed by atoms with Gasteiger partial charge in [-0.2, -0.15) is 0 Å². The second-order valence-corrected chi connectivity index (χ2v) is 5.10. The summed E-state index contributed by atoms with van der Waals surface area (Å²) >= 11 is 0. The lowest BCUT2D eigenvalue weighted by Gasteiger charge is -2.24. The Kier molecular flexibility index (Phi) is 4.12. The van der Waals surface area contributed by atoms with Crippen LogP contribution in [0.1, 0.15) is 43.4 Å². The monoisotopic (exact) mass is 248 g/mol. The number of nitrogens with two attached hydrogens (primary N) is 1. The minimum Gasteiger partial charge on any atom is -0.507 e. The molecule has 1 aliphatic rings. The van der Waals surface area contributed by atoms with Gasteiger partial charge in [0.2, 0.25) is 0 Å². The first-order chi connectivity index (χ1) is 8.67. The van der Waals surface area contributed by atoms with E-state index in [1.54, 1.807) is 0 Å². The maximum atomic E-state index is 10.4. The summed E-state index contributed by atoms with van der Waals surface area (Å²) in [6, 6.07) is 1.97. The van der Waals surface area contributed by atoms with Crippen LogP contribution in [0.15, 0.2) is 6.07 Å². The van der Waals surface area contributed by atoms with Crippen LogP contribution in [-0.4, -0.2) is 23.1 Å². The number of hydrogen-bond acceptors (Lipinski definition) is 3. The van der Waals surface area contributed by atoms with Gasteiger partial charge in [-0.1, -0.05) is 13.8 Å². The van der Waals surface area contributed by atoms with Crippen molar-refractivity contribution in [2.24, 2.45) is 0 Å². The Morgan fingerprint density at radius 1 is 1.17 bits per heavy atom. The number of phenols is 1. The van der Waals surface area contributed by atoms with Gasteiger partial charge in [0.05, 0.1) is 0 Å². The van der Waals surface area contributed by atoms with E-state index >= 15 is 0 Å². The maximum absolute atomic E-state index is 10.4. The number of fused-ring (bicyclic) bond motifs is 1. The van der Waals surface area contributed by atoms with Gasteiger partial charge < -0.3 is 10.8 Å². The predicted octanol–water partition coefficient (Wildman–Crippen LogP) is 2.70. The smallest absolute Gasteiger partial charge is 0.123 e. The molecule has 2 rings (SSSR count). The molecule has 18 heavy (non-hydrogen) atoms. The van der Waals surface area contributed by atoms with Gasteiger partial charge in [0.1, 0.15) is 5.75 Å². The fraction of sp³-hybridized carbons (Fsp3) is 0.600. The third kappa shape index (κ3) is 2.46. The van der Waals surface area contributed by atoms with Crippen molar-refractivity contribution in [3.63, 3.8) is 0 Å². The molecule has 3 nitrogen and oxygen atoms in total. The Labute approximate surface area is 110 Å². The van der Waals surface area contributed by atoms with Gasteiger partial charge in [0, 0.05) is 17.8 Å². The van der Waals surface area contributed by atoms with E-state index in [2.05, 4.69) is 18.7 Å². The normalized spacial score (nSPS) is 14.8. The van der Waals surface area contributed by atoms with E-state index in [9.17, 15) is 5.11 Å². The lowest BCUT2D eigenvalue weighted by atomic mass is 9.88. The van der Waals surface area contributed by atoms with Crippen molar-refractivity contribution in [1.82, 2.24) is 4.90 Å². The molecule has 0 fully saturated rings. The molecule has 0 saturated carbocycles. The van der Waals surface area contributed by atoms with Gasteiger partial charge in [-0.15, -0.1) is 0 Å². The Morgan fingerprint density at radius 3 is 2.39 bits per heavy atom. The fourth-order valence-corrected chi connectivity index (χ4v) is 2.83. The lowest BCUT2D eigenvalue weighted by molar-refractivity contribution is 0.290. The molecule has 0 atom stereocenters. The highest BCUT2D eigenvalue weighted by Gasteiger charge is 2.19. The van der Waals surface area contributed by atoms with E-state index in [1.807, 2.05) is 6.07 Å². The van der Waals surface area contributed by atoms with Crippen LogP contribution in [-0.2, 0) is 19.4 Å². The molecule has 0 heterocycles. The van der Waals surface area contributed by atoms with Crippen LogP contribution in [0.2, 0.25) is 0 Å². The van der Waals surface area contributed by atoms with Crippen molar-refractivity contribution in [3.05, 3.63) is 22.8 Å². The van der Waals surface area contributed by atoms with Crippen molar-refractivity contribution < 1.29 is 5.11 Å². The van der Waals surface area contributed by atoms with E-state index in [-0.39, 0.29) is 0 Å². The Balaban J connectivity index is 2.34. The quantitative estimate of drug-likeness (QED) is 0.636. The molecule has 3 N–H and O–H groups in total. The molecule has 0 aromatic heterocycles. The molecule has 1 aromatic carbocycles. The van der Waals surface area contributed by atoms with E-state index in [0.29, 0.717) is 5.75 Å². The summed E-state index contributed by atoms with van der Waals surface area (Å²) in [4.78, 5) is 2.30. The van der Waals surface area contributed by atoms with Crippen molar-refractivity contribution >= 4 is 5.69 Å². The van der Waals surface area contributed by atoms with Crippen molar-refractivity contribution in [2.75, 3.05) is 18.8 Å². The largest absolute Gasteiger partial charge is 0.507 e. The van der Waals surface area contributed by atoms with Crippen LogP contribution in [0.3, 0.4) is 0 Å². The van der Waals surface area contributed by atoms with E-state index < -0.39 is 0 Å². The molecule has 1 aromatic rings. The molecule has 1 aliphatic carbocycles. The zero-order valence-corrected chi connectivity index (χ0v) is 11.5. The SMILES string of the molecule is CCN(CC)Cc1cc(N)c2c(c1O)CCCC2. The zero-order valence-electron chi connectivity index (χ0n) is 11.5. The van der Waals surface area contributed by atoms with Crippen LogP contribution < -0.4 is 5.73 Å². The molecule has 3 heteroatoms. The van der Waals surface area contributed by atoms with Crippen LogP contribution in [0, 0.1) is 0 Å². The number of phenolic OH excluding ortho intramolecular Hbond substituents is 1. The van der Waals surface area contributed by atoms with E-state index in [1.165, 1.54) is 12.0 Å². The summed E-state index contributed by atoms with van der Waals surface area (Å²) < 4.78 is 0. The number of hydrogen-bond donors (Lipinski definition) is 2. The first kappa shape index (κ1) is 13.2. The first-order valence-electron chi connectivity index (χ1n) is 7.01. The lowest BCUT2D eigenvalue weighted by Crippen LogP contribution is -2.22. The molecule has 0 amide bonds. The molecule has 0 unspecified atom stereocenters. The third-order valence-corrected chi connectivity index (χ3v) is 4.02. The average Bonchev–Trinajstić information content (AvgIpc) is 2.41. The number of anilines is 1. The van der Waals surface area contributed by atoms with Gasteiger partial charge >= 0.3 is 0 Å². The van der Waals surface area contributed by atoms with Gasteiger partial charge in [-0.3, -0.25) is 4.90 Å². The zero-order chi connectivity index (χ0) is 13.1. The molecular weight excluding hydrogens is 224 g/mol. The average molecular weight is 248 g/mol. The fourth-order valence-electron chi connectivity index (χ4n) is 2.83. The van der Waals surface area contributed by atoms with Crippen molar-refractivity contribution in [3.8, 4) is 5.75 Å². The molecule has 0 aliphatic heterocycles. The number of nitrogen functional groups attached to an aromatic ring is 1. The Hall–Kier alpha value is -1.22. The predicted molar refractivity (Wildman–Crippen MR) is 75.8 cm³/mol. The molecule has 0 saturated heterocycles. The van der Waals surface area contributed by atoms with Gasteiger partial charge in [0.25, 0.3) is 0 Å². The second-order valence-electron chi connectivity index (χ2n) is 5.10. The highest BCUT2D eigenvalue weighted by molar-refractivity contribution is 5.60. The molecule has 0 radical (unpaired) electrons. The van der Waals surface area contributed by atoms with E-state index in [4.69, 9.17) is 5.73 Å². The van der Waals surface area contributed by atoms with Crippen molar-refractivity contribution in [1.29, 1.82) is 0 Å². The third-order valence-electron chi connectivity index (χ3n) is 4.02. The minimum absolute atomic E-state index is 0.491. The molecule has 0 spiro atoms. The minimum atomic E-state index is 0.491. The summed E-state index contributed by atoms with van der Waals surface area (Å²) in [6.45, 7) is 7.06. The highest BCUT2D eigenvalue weighted by Crippen LogP contribution is 2.36. The molecular formula is C15H24N2O.